The van der Waals surface area contributed by atoms with Gasteiger partial charge in [-0.3, -0.25) is 10.1 Å². The van der Waals surface area contributed by atoms with Crippen molar-refractivity contribution in [1.29, 1.82) is 0 Å². The first-order chi connectivity index (χ1) is 11.2. The number of carbonyl (C=O) groups excluding carboxylic acids is 1. The molecule has 23 heavy (non-hydrogen) atoms. The number of methoxy groups -OCH3 is 1. The van der Waals surface area contributed by atoms with Crippen molar-refractivity contribution < 1.29 is 9.53 Å². The number of nitrogens with zero attached hydrogens (tertiary/aromatic N) is 2. The van der Waals surface area contributed by atoms with Crippen molar-refractivity contribution in [2.45, 2.75) is 6.92 Å². The second kappa shape index (κ2) is 6.58. The number of rotatable bonds is 4. The Hall–Kier alpha value is -2.73. The van der Waals surface area contributed by atoms with Crippen LogP contribution < -0.4 is 10.1 Å². The van der Waals surface area contributed by atoms with Crippen molar-refractivity contribution in [2.75, 3.05) is 12.4 Å². The van der Waals surface area contributed by atoms with Gasteiger partial charge in [0.25, 0.3) is 5.91 Å². The van der Waals surface area contributed by atoms with Crippen LogP contribution in [-0.4, -0.2) is 23.2 Å². The molecule has 0 bridgehead atoms. The van der Waals surface area contributed by atoms with Crippen LogP contribution in [-0.2, 0) is 0 Å². The molecule has 0 spiro atoms. The Morgan fingerprint density at radius 2 is 1.91 bits per heavy atom. The summed E-state index contributed by atoms with van der Waals surface area (Å²) in [5.74, 6) is 0.394. The molecule has 6 heteroatoms. The largest absolute Gasteiger partial charge is 0.497 e. The Morgan fingerprint density at radius 1 is 1.13 bits per heavy atom. The van der Waals surface area contributed by atoms with Gasteiger partial charge < -0.3 is 4.74 Å². The molecular weight excluding hydrogens is 310 g/mol. The molecule has 0 atom stereocenters. The van der Waals surface area contributed by atoms with Crippen LogP contribution in [0, 0.1) is 6.92 Å². The fraction of sp³-hybridized carbons (Fsp3) is 0.118. The molecule has 0 fully saturated rings. The summed E-state index contributed by atoms with van der Waals surface area (Å²) in [6, 6.07) is 15.0. The fourth-order valence-corrected chi connectivity index (χ4v) is 2.76. The number of amides is 1. The van der Waals surface area contributed by atoms with Crippen LogP contribution in [0.1, 0.15) is 15.9 Å². The normalized spacial score (nSPS) is 10.3. The van der Waals surface area contributed by atoms with E-state index in [0.717, 1.165) is 10.6 Å². The van der Waals surface area contributed by atoms with Gasteiger partial charge in [-0.15, -0.1) is 10.2 Å². The van der Waals surface area contributed by atoms with Crippen LogP contribution in [0.25, 0.3) is 10.6 Å². The third kappa shape index (κ3) is 3.54. The molecule has 0 saturated carbocycles. The lowest BCUT2D eigenvalue weighted by Crippen LogP contribution is -2.11. The van der Waals surface area contributed by atoms with E-state index in [1.165, 1.54) is 16.9 Å². The summed E-state index contributed by atoms with van der Waals surface area (Å²) in [6.07, 6.45) is 0. The number of aromatic nitrogens is 2. The third-order valence-electron chi connectivity index (χ3n) is 3.28. The number of nitrogens with one attached hydrogen (secondary N) is 1. The minimum absolute atomic E-state index is 0.240. The lowest BCUT2D eigenvalue weighted by Gasteiger charge is -2.03. The van der Waals surface area contributed by atoms with E-state index >= 15 is 0 Å². The van der Waals surface area contributed by atoms with Gasteiger partial charge in [0.2, 0.25) is 5.13 Å². The molecule has 0 aliphatic rings. The van der Waals surface area contributed by atoms with Crippen molar-refractivity contribution in [3.05, 3.63) is 59.7 Å². The number of benzene rings is 2. The van der Waals surface area contributed by atoms with Crippen molar-refractivity contribution in [3.63, 3.8) is 0 Å². The quantitative estimate of drug-likeness (QED) is 0.793. The molecule has 0 unspecified atom stereocenters. The molecule has 0 aliphatic heterocycles. The smallest absolute Gasteiger partial charge is 0.257 e. The molecular formula is C17H15N3O2S. The maximum Gasteiger partial charge on any atom is 0.257 e. The molecule has 1 N–H and O–H groups in total. The molecule has 1 aromatic heterocycles. The van der Waals surface area contributed by atoms with Gasteiger partial charge in [0.15, 0.2) is 0 Å². The molecule has 0 radical (unpaired) electrons. The Morgan fingerprint density at radius 3 is 2.65 bits per heavy atom. The fourth-order valence-electron chi connectivity index (χ4n) is 2.02. The number of hydrogen-bond acceptors (Lipinski definition) is 5. The van der Waals surface area contributed by atoms with Crippen LogP contribution >= 0.6 is 11.3 Å². The van der Waals surface area contributed by atoms with Gasteiger partial charge in [-0.1, -0.05) is 47.2 Å². The zero-order valence-corrected chi connectivity index (χ0v) is 13.6. The standard InChI is InChI=1S/C17H15N3O2S/c1-11-6-8-12(9-7-11)16-19-20-17(23-16)18-15(21)13-4-3-5-14(10-13)22-2/h3-10H,1-2H3,(H,18,20,21). The van der Waals surface area contributed by atoms with Crippen molar-refractivity contribution in [1.82, 2.24) is 10.2 Å². The Bertz CT molecular complexity index is 828. The van der Waals surface area contributed by atoms with Gasteiger partial charge in [-0.05, 0) is 25.1 Å². The predicted octanol–water partition coefficient (Wildman–Crippen LogP) is 3.77. The van der Waals surface area contributed by atoms with E-state index in [1.54, 1.807) is 31.4 Å². The second-order valence-corrected chi connectivity index (χ2v) is 5.94. The topological polar surface area (TPSA) is 64.1 Å². The van der Waals surface area contributed by atoms with Crippen LogP contribution in [0.5, 0.6) is 5.75 Å². The minimum atomic E-state index is -0.240. The molecule has 2 aromatic carbocycles. The van der Waals surface area contributed by atoms with E-state index in [4.69, 9.17) is 4.74 Å². The molecule has 0 saturated heterocycles. The van der Waals surface area contributed by atoms with Gasteiger partial charge in [0, 0.05) is 11.1 Å². The van der Waals surface area contributed by atoms with Gasteiger partial charge in [-0.2, -0.15) is 0 Å². The molecule has 5 nitrogen and oxygen atoms in total. The van der Waals surface area contributed by atoms with E-state index in [2.05, 4.69) is 15.5 Å². The van der Waals surface area contributed by atoms with E-state index < -0.39 is 0 Å². The Kier molecular flexibility index (Phi) is 4.34. The Balaban J connectivity index is 1.75. The highest BCUT2D eigenvalue weighted by atomic mass is 32.1. The maximum atomic E-state index is 12.2. The molecule has 3 rings (SSSR count). The summed E-state index contributed by atoms with van der Waals surface area (Å²) in [4.78, 5) is 12.2. The monoisotopic (exact) mass is 325 g/mol. The molecule has 1 amide bonds. The summed E-state index contributed by atoms with van der Waals surface area (Å²) >= 11 is 1.34. The summed E-state index contributed by atoms with van der Waals surface area (Å²) in [7, 11) is 1.57. The van der Waals surface area contributed by atoms with Crippen LogP contribution in [0.4, 0.5) is 5.13 Å². The summed E-state index contributed by atoms with van der Waals surface area (Å²) < 4.78 is 5.12. The minimum Gasteiger partial charge on any atom is -0.497 e. The number of hydrogen-bond donors (Lipinski definition) is 1. The number of ether oxygens (including phenoxy) is 1. The molecule has 1 heterocycles. The zero-order chi connectivity index (χ0) is 16.2. The first kappa shape index (κ1) is 15.2. The average molecular weight is 325 g/mol. The number of carbonyl (C=O) groups is 1. The van der Waals surface area contributed by atoms with Gasteiger partial charge in [0.05, 0.1) is 7.11 Å². The zero-order valence-electron chi connectivity index (χ0n) is 12.7. The molecule has 0 aliphatic carbocycles. The summed E-state index contributed by atoms with van der Waals surface area (Å²) in [5.41, 5.74) is 2.68. The first-order valence-electron chi connectivity index (χ1n) is 7.01. The first-order valence-corrected chi connectivity index (χ1v) is 7.83. The van der Waals surface area contributed by atoms with Crippen molar-refractivity contribution in [3.8, 4) is 16.3 Å². The lowest BCUT2D eigenvalue weighted by atomic mass is 10.2. The number of aryl methyl sites for hydroxylation is 1. The second-order valence-electron chi connectivity index (χ2n) is 4.96. The Labute approximate surface area is 138 Å². The van der Waals surface area contributed by atoms with Crippen LogP contribution in [0.15, 0.2) is 48.5 Å². The average Bonchev–Trinajstić information content (AvgIpc) is 3.04. The van der Waals surface area contributed by atoms with Gasteiger partial charge >= 0.3 is 0 Å². The lowest BCUT2D eigenvalue weighted by molar-refractivity contribution is 0.102. The van der Waals surface area contributed by atoms with E-state index in [1.807, 2.05) is 31.2 Å². The van der Waals surface area contributed by atoms with Crippen molar-refractivity contribution >= 4 is 22.4 Å². The highest BCUT2D eigenvalue weighted by molar-refractivity contribution is 7.18. The highest BCUT2D eigenvalue weighted by Crippen LogP contribution is 2.27. The van der Waals surface area contributed by atoms with E-state index in [-0.39, 0.29) is 5.91 Å². The predicted molar refractivity (Wildman–Crippen MR) is 91.0 cm³/mol. The highest BCUT2D eigenvalue weighted by Gasteiger charge is 2.11. The van der Waals surface area contributed by atoms with Gasteiger partial charge in [0.1, 0.15) is 10.8 Å². The summed E-state index contributed by atoms with van der Waals surface area (Å²) in [5, 5.41) is 12.2. The van der Waals surface area contributed by atoms with Crippen molar-refractivity contribution in [2.24, 2.45) is 0 Å². The van der Waals surface area contributed by atoms with Gasteiger partial charge in [-0.25, -0.2) is 0 Å². The number of anilines is 1. The molecule has 3 aromatic rings. The molecule has 116 valence electrons. The van der Waals surface area contributed by atoms with E-state index in [0.29, 0.717) is 16.4 Å². The van der Waals surface area contributed by atoms with Crippen LogP contribution in [0.2, 0.25) is 0 Å². The SMILES string of the molecule is COc1cccc(C(=O)Nc2nnc(-c3ccc(C)cc3)s2)c1. The van der Waals surface area contributed by atoms with Crippen LogP contribution in [0.3, 0.4) is 0 Å². The maximum absolute atomic E-state index is 12.2. The summed E-state index contributed by atoms with van der Waals surface area (Å²) in [6.45, 7) is 2.03. The third-order valence-corrected chi connectivity index (χ3v) is 4.16. The van der Waals surface area contributed by atoms with E-state index in [9.17, 15) is 4.79 Å².